The van der Waals surface area contributed by atoms with Crippen molar-refractivity contribution in [2.75, 3.05) is 40.8 Å². The molecule has 0 aliphatic heterocycles. The monoisotopic (exact) mass is 317 g/mol. The first-order chi connectivity index (χ1) is 9.73. The third-order valence-corrected chi connectivity index (χ3v) is 4.75. The minimum absolute atomic E-state index is 0.00473. The predicted octanol–water partition coefficient (Wildman–Crippen LogP) is 1.21. The molecular formula is C14H27N3O3S. The van der Waals surface area contributed by atoms with Gasteiger partial charge in [0.05, 0.1) is 6.54 Å². The van der Waals surface area contributed by atoms with Crippen molar-refractivity contribution in [2.24, 2.45) is 5.92 Å². The van der Waals surface area contributed by atoms with Gasteiger partial charge in [0.2, 0.25) is 5.09 Å². The number of rotatable bonds is 9. The minimum Gasteiger partial charge on any atom is -0.447 e. The van der Waals surface area contributed by atoms with Gasteiger partial charge in [-0.3, -0.25) is 0 Å². The minimum atomic E-state index is -3.54. The molecule has 0 saturated heterocycles. The van der Waals surface area contributed by atoms with Gasteiger partial charge in [-0.1, -0.05) is 13.8 Å². The lowest BCUT2D eigenvalue weighted by molar-refractivity contribution is 0.343. The third kappa shape index (κ3) is 5.78. The first-order valence-electron chi connectivity index (χ1n) is 7.14. The van der Waals surface area contributed by atoms with Gasteiger partial charge in [-0.15, -0.1) is 0 Å². The van der Waals surface area contributed by atoms with E-state index in [4.69, 9.17) is 4.42 Å². The summed E-state index contributed by atoms with van der Waals surface area (Å²) < 4.78 is 31.4. The normalized spacial score (nSPS) is 12.8. The van der Waals surface area contributed by atoms with Crippen LogP contribution in [0.1, 0.15) is 19.6 Å². The van der Waals surface area contributed by atoms with Gasteiger partial charge in [-0.25, -0.2) is 8.42 Å². The highest BCUT2D eigenvalue weighted by Gasteiger charge is 2.24. The molecule has 0 radical (unpaired) electrons. The van der Waals surface area contributed by atoms with Crippen molar-refractivity contribution in [2.45, 2.75) is 25.5 Å². The summed E-state index contributed by atoms with van der Waals surface area (Å²) in [6.45, 7) is 6.73. The van der Waals surface area contributed by atoms with E-state index in [0.717, 1.165) is 6.54 Å². The molecule has 0 unspecified atom stereocenters. The van der Waals surface area contributed by atoms with Gasteiger partial charge >= 0.3 is 0 Å². The van der Waals surface area contributed by atoms with Crippen molar-refractivity contribution < 1.29 is 12.8 Å². The van der Waals surface area contributed by atoms with Gasteiger partial charge in [-0.2, -0.15) is 4.31 Å². The number of likely N-dealkylation sites (N-methyl/N-ethyl adjacent to an activating group) is 2. The van der Waals surface area contributed by atoms with Crippen LogP contribution in [0, 0.1) is 5.92 Å². The average molecular weight is 317 g/mol. The maximum atomic E-state index is 12.3. The van der Waals surface area contributed by atoms with E-state index in [1.807, 2.05) is 19.0 Å². The second-order valence-electron chi connectivity index (χ2n) is 5.88. The lowest BCUT2D eigenvalue weighted by Gasteiger charge is -2.17. The van der Waals surface area contributed by atoms with E-state index in [2.05, 4.69) is 19.2 Å². The van der Waals surface area contributed by atoms with Gasteiger partial charge in [0.15, 0.2) is 0 Å². The zero-order valence-electron chi connectivity index (χ0n) is 13.6. The molecule has 0 aromatic carbocycles. The summed E-state index contributed by atoms with van der Waals surface area (Å²) in [6.07, 6.45) is 0. The largest absolute Gasteiger partial charge is 0.447 e. The topological polar surface area (TPSA) is 65.8 Å². The molecule has 6 nitrogen and oxygen atoms in total. The molecule has 1 heterocycles. The Morgan fingerprint density at radius 2 is 1.86 bits per heavy atom. The van der Waals surface area contributed by atoms with Crippen LogP contribution in [0.25, 0.3) is 0 Å². The second-order valence-corrected chi connectivity index (χ2v) is 7.85. The molecule has 0 spiro atoms. The number of nitrogens with one attached hydrogen (secondary N) is 1. The van der Waals surface area contributed by atoms with E-state index >= 15 is 0 Å². The standard InChI is InChI=1S/C14H27N3O3S/c1-12(2)10-15-11-13-6-7-14(20-13)21(18,19)17(5)9-8-16(3)4/h6-7,12,15H,8-11H2,1-5H3. The summed E-state index contributed by atoms with van der Waals surface area (Å²) in [5.74, 6) is 1.18. The molecule has 1 aromatic rings. The van der Waals surface area contributed by atoms with Crippen LogP contribution in [0.5, 0.6) is 0 Å². The van der Waals surface area contributed by atoms with Gasteiger partial charge in [0.1, 0.15) is 5.76 Å². The quantitative estimate of drug-likeness (QED) is 0.741. The van der Waals surface area contributed by atoms with Crippen LogP contribution < -0.4 is 5.32 Å². The van der Waals surface area contributed by atoms with Crippen LogP contribution in [-0.2, 0) is 16.6 Å². The molecule has 122 valence electrons. The van der Waals surface area contributed by atoms with Crippen LogP contribution >= 0.6 is 0 Å². The Morgan fingerprint density at radius 1 is 1.19 bits per heavy atom. The molecule has 0 aliphatic rings. The summed E-state index contributed by atoms with van der Waals surface area (Å²) >= 11 is 0. The zero-order valence-corrected chi connectivity index (χ0v) is 14.4. The molecule has 1 aromatic heterocycles. The predicted molar refractivity (Wildman–Crippen MR) is 83.6 cm³/mol. The summed E-state index contributed by atoms with van der Waals surface area (Å²) in [5.41, 5.74) is 0. The summed E-state index contributed by atoms with van der Waals surface area (Å²) in [5, 5.41) is 3.23. The lowest BCUT2D eigenvalue weighted by atomic mass is 10.2. The summed E-state index contributed by atoms with van der Waals surface area (Å²) in [7, 11) is 1.84. The SMILES string of the molecule is CC(C)CNCc1ccc(S(=O)(=O)N(C)CCN(C)C)o1. The van der Waals surface area contributed by atoms with E-state index in [0.29, 0.717) is 31.3 Å². The lowest BCUT2D eigenvalue weighted by Crippen LogP contribution is -2.33. The van der Waals surface area contributed by atoms with Crippen molar-refractivity contribution in [3.63, 3.8) is 0 Å². The molecule has 0 fully saturated rings. The molecule has 7 heteroatoms. The first-order valence-corrected chi connectivity index (χ1v) is 8.58. The number of sulfonamides is 1. The zero-order chi connectivity index (χ0) is 16.0. The van der Waals surface area contributed by atoms with E-state index in [-0.39, 0.29) is 5.09 Å². The molecule has 0 bridgehead atoms. The Kier molecular flexibility index (Phi) is 6.86. The van der Waals surface area contributed by atoms with Gasteiger partial charge < -0.3 is 14.6 Å². The molecule has 0 saturated carbocycles. The average Bonchev–Trinajstić information content (AvgIpc) is 2.84. The van der Waals surface area contributed by atoms with E-state index in [1.165, 1.54) is 10.4 Å². The maximum absolute atomic E-state index is 12.3. The van der Waals surface area contributed by atoms with Gasteiger partial charge in [0.25, 0.3) is 10.0 Å². The number of hydrogen-bond acceptors (Lipinski definition) is 5. The Hall–Kier alpha value is -0.890. The fraction of sp³-hybridized carbons (Fsp3) is 0.714. The smallest absolute Gasteiger partial charge is 0.276 e. The Balaban J connectivity index is 2.65. The highest BCUT2D eigenvalue weighted by atomic mass is 32.2. The molecule has 0 aliphatic carbocycles. The van der Waals surface area contributed by atoms with Crippen molar-refractivity contribution in [1.82, 2.24) is 14.5 Å². The van der Waals surface area contributed by atoms with Crippen molar-refractivity contribution >= 4 is 10.0 Å². The van der Waals surface area contributed by atoms with Gasteiger partial charge in [-0.05, 0) is 38.7 Å². The van der Waals surface area contributed by atoms with Gasteiger partial charge in [0, 0.05) is 20.1 Å². The molecule has 1 N–H and O–H groups in total. The maximum Gasteiger partial charge on any atom is 0.276 e. The second kappa shape index (κ2) is 7.93. The van der Waals surface area contributed by atoms with Crippen LogP contribution in [0.3, 0.4) is 0 Å². The molecule has 21 heavy (non-hydrogen) atoms. The molecule has 1 rings (SSSR count). The van der Waals surface area contributed by atoms with Crippen molar-refractivity contribution in [3.05, 3.63) is 17.9 Å². The summed E-state index contributed by atoms with van der Waals surface area (Å²) in [6, 6.07) is 3.23. The van der Waals surface area contributed by atoms with Crippen molar-refractivity contribution in [3.8, 4) is 0 Å². The Morgan fingerprint density at radius 3 is 2.43 bits per heavy atom. The Bertz CT molecular complexity index is 523. The van der Waals surface area contributed by atoms with Crippen LogP contribution in [0.4, 0.5) is 0 Å². The number of furan rings is 1. The molecular weight excluding hydrogens is 290 g/mol. The molecule has 0 atom stereocenters. The third-order valence-electron chi connectivity index (χ3n) is 3.02. The first kappa shape index (κ1) is 18.2. The number of hydrogen-bond donors (Lipinski definition) is 1. The highest BCUT2D eigenvalue weighted by molar-refractivity contribution is 7.89. The van der Waals surface area contributed by atoms with E-state index < -0.39 is 10.0 Å². The van der Waals surface area contributed by atoms with Crippen LogP contribution in [0.15, 0.2) is 21.6 Å². The molecule has 0 amide bonds. The highest BCUT2D eigenvalue weighted by Crippen LogP contribution is 2.17. The fourth-order valence-corrected chi connectivity index (χ4v) is 2.77. The van der Waals surface area contributed by atoms with E-state index in [9.17, 15) is 8.42 Å². The van der Waals surface area contributed by atoms with E-state index in [1.54, 1.807) is 13.1 Å². The fourth-order valence-electron chi connectivity index (χ4n) is 1.69. The van der Waals surface area contributed by atoms with Crippen molar-refractivity contribution in [1.29, 1.82) is 0 Å². The Labute approximate surface area is 128 Å². The van der Waals surface area contributed by atoms with Crippen LogP contribution in [0.2, 0.25) is 0 Å². The summed E-state index contributed by atoms with van der Waals surface area (Å²) in [4.78, 5) is 1.94. The van der Waals surface area contributed by atoms with Crippen LogP contribution in [-0.4, -0.2) is 58.4 Å². The number of nitrogens with zero attached hydrogens (tertiary/aromatic N) is 2.